The molecule has 5 nitrogen and oxygen atoms in total. The van der Waals surface area contributed by atoms with Crippen LogP contribution in [0.5, 0.6) is 0 Å². The van der Waals surface area contributed by atoms with Gasteiger partial charge in [0.05, 0.1) is 5.52 Å². The van der Waals surface area contributed by atoms with E-state index >= 15 is 0 Å². The summed E-state index contributed by atoms with van der Waals surface area (Å²) in [6.07, 6.45) is 1.49. The summed E-state index contributed by atoms with van der Waals surface area (Å²) >= 11 is 0. The van der Waals surface area contributed by atoms with Gasteiger partial charge in [0.2, 0.25) is 0 Å². The molecule has 94 valence electrons. The van der Waals surface area contributed by atoms with E-state index in [0.717, 1.165) is 12.8 Å². The number of carbonyl (C=O) groups excluding carboxylic acids is 1. The zero-order chi connectivity index (χ0) is 12.9. The minimum Gasteiger partial charge on any atom is -0.408 e. The van der Waals surface area contributed by atoms with Crippen molar-refractivity contribution in [1.82, 2.24) is 4.57 Å². The van der Waals surface area contributed by atoms with E-state index in [1.807, 2.05) is 0 Å². The molecule has 1 heterocycles. The quantitative estimate of drug-likeness (QED) is 0.803. The molecule has 1 aromatic carbocycles. The van der Waals surface area contributed by atoms with Gasteiger partial charge in [-0.25, -0.2) is 4.79 Å². The van der Waals surface area contributed by atoms with Crippen LogP contribution in [0.15, 0.2) is 27.4 Å². The molecule has 0 spiro atoms. The Kier molecular flexibility index (Phi) is 2.38. The molecule has 0 bridgehead atoms. The molecule has 2 N–H and O–H groups in total. The summed E-state index contributed by atoms with van der Waals surface area (Å²) in [5, 5.41) is 0. The summed E-state index contributed by atoms with van der Waals surface area (Å²) in [6, 6.07) is 5.27. The first-order valence-corrected chi connectivity index (χ1v) is 5.95. The third kappa shape index (κ3) is 1.59. The highest BCUT2D eigenvalue weighted by atomic mass is 16.4. The average molecular weight is 246 g/mol. The maximum absolute atomic E-state index is 12.1. The lowest BCUT2D eigenvalue weighted by Gasteiger charge is -2.31. The van der Waals surface area contributed by atoms with Gasteiger partial charge < -0.3 is 10.2 Å². The van der Waals surface area contributed by atoms with Crippen LogP contribution in [-0.2, 0) is 7.05 Å². The SMILES string of the molecule is Cn1c(=O)oc2cc(C(=O)C3CC(N)C3)ccc21. The number of carbonyl (C=O) groups is 1. The van der Waals surface area contributed by atoms with Crippen molar-refractivity contribution >= 4 is 16.9 Å². The summed E-state index contributed by atoms with van der Waals surface area (Å²) in [5.74, 6) is -0.307. The molecule has 1 aromatic heterocycles. The van der Waals surface area contributed by atoms with Crippen molar-refractivity contribution < 1.29 is 9.21 Å². The monoisotopic (exact) mass is 246 g/mol. The van der Waals surface area contributed by atoms with E-state index in [9.17, 15) is 9.59 Å². The fourth-order valence-corrected chi connectivity index (χ4v) is 2.40. The van der Waals surface area contributed by atoms with E-state index in [4.69, 9.17) is 10.2 Å². The summed E-state index contributed by atoms with van der Waals surface area (Å²) in [6.45, 7) is 0. The van der Waals surface area contributed by atoms with Crippen molar-refractivity contribution in [3.8, 4) is 0 Å². The number of Topliss-reactive ketones (excluding diaryl/α,β-unsaturated/α-hetero) is 1. The molecule has 5 heteroatoms. The predicted molar refractivity (Wildman–Crippen MR) is 66.5 cm³/mol. The number of rotatable bonds is 2. The molecular weight excluding hydrogens is 232 g/mol. The van der Waals surface area contributed by atoms with E-state index < -0.39 is 5.76 Å². The smallest absolute Gasteiger partial charge is 0.408 e. The number of ketones is 1. The molecule has 1 aliphatic carbocycles. The average Bonchev–Trinajstić information content (AvgIpc) is 2.60. The lowest BCUT2D eigenvalue weighted by atomic mass is 9.76. The largest absolute Gasteiger partial charge is 0.419 e. The fourth-order valence-electron chi connectivity index (χ4n) is 2.40. The van der Waals surface area contributed by atoms with Gasteiger partial charge in [0, 0.05) is 24.6 Å². The second kappa shape index (κ2) is 3.81. The highest BCUT2D eigenvalue weighted by molar-refractivity contribution is 6.00. The summed E-state index contributed by atoms with van der Waals surface area (Å²) < 4.78 is 6.49. The molecule has 3 rings (SSSR count). The zero-order valence-corrected chi connectivity index (χ0v) is 10.1. The summed E-state index contributed by atoms with van der Waals surface area (Å²) in [7, 11) is 1.64. The molecular formula is C13H14N2O3. The Morgan fingerprint density at radius 1 is 1.44 bits per heavy atom. The molecule has 0 amide bonds. The van der Waals surface area contributed by atoms with Gasteiger partial charge in [-0.15, -0.1) is 0 Å². The molecule has 18 heavy (non-hydrogen) atoms. The first-order chi connectivity index (χ1) is 8.56. The van der Waals surface area contributed by atoms with Gasteiger partial charge in [-0.3, -0.25) is 9.36 Å². The molecule has 0 aliphatic heterocycles. The van der Waals surface area contributed by atoms with Crippen LogP contribution >= 0.6 is 0 Å². The Morgan fingerprint density at radius 2 is 2.17 bits per heavy atom. The van der Waals surface area contributed by atoms with Gasteiger partial charge >= 0.3 is 5.76 Å². The van der Waals surface area contributed by atoms with Crippen LogP contribution in [0.25, 0.3) is 11.1 Å². The maximum atomic E-state index is 12.1. The van der Waals surface area contributed by atoms with Crippen LogP contribution in [0.3, 0.4) is 0 Å². The summed E-state index contributed by atoms with van der Waals surface area (Å²) in [5.41, 5.74) is 7.43. The van der Waals surface area contributed by atoms with E-state index in [1.165, 1.54) is 4.57 Å². The van der Waals surface area contributed by atoms with Gasteiger partial charge in [-0.1, -0.05) is 0 Å². The van der Waals surface area contributed by atoms with Gasteiger partial charge in [0.1, 0.15) is 0 Å². The number of aromatic nitrogens is 1. The molecule has 0 saturated heterocycles. The van der Waals surface area contributed by atoms with Crippen LogP contribution in [0.2, 0.25) is 0 Å². The molecule has 1 aliphatic rings. The number of fused-ring (bicyclic) bond motifs is 1. The third-order valence-electron chi connectivity index (χ3n) is 3.62. The minimum absolute atomic E-state index is 0.0212. The Labute approximate surface area is 103 Å². The Hall–Kier alpha value is -1.88. The summed E-state index contributed by atoms with van der Waals surface area (Å²) in [4.78, 5) is 23.5. The van der Waals surface area contributed by atoms with Crippen molar-refractivity contribution in [3.05, 3.63) is 34.3 Å². The van der Waals surface area contributed by atoms with Crippen LogP contribution in [0.4, 0.5) is 0 Å². The lowest BCUT2D eigenvalue weighted by molar-refractivity contribution is 0.0832. The van der Waals surface area contributed by atoms with Crippen molar-refractivity contribution in [2.75, 3.05) is 0 Å². The molecule has 0 radical (unpaired) electrons. The van der Waals surface area contributed by atoms with Crippen molar-refractivity contribution in [1.29, 1.82) is 0 Å². The number of benzene rings is 1. The standard InChI is InChI=1S/C13H14N2O3/c1-15-10-3-2-7(6-11(10)18-13(15)17)12(16)8-4-9(14)5-8/h2-3,6,8-9H,4-5,14H2,1H3. The molecule has 1 saturated carbocycles. The van der Waals surface area contributed by atoms with E-state index in [2.05, 4.69) is 0 Å². The molecule has 1 fully saturated rings. The van der Waals surface area contributed by atoms with Gasteiger partial charge in [-0.05, 0) is 31.0 Å². The minimum atomic E-state index is -0.416. The highest BCUT2D eigenvalue weighted by Crippen LogP contribution is 2.29. The second-order valence-corrected chi connectivity index (χ2v) is 4.90. The zero-order valence-electron chi connectivity index (χ0n) is 10.1. The van der Waals surface area contributed by atoms with Gasteiger partial charge in [0.15, 0.2) is 11.4 Å². The topological polar surface area (TPSA) is 78.2 Å². The highest BCUT2D eigenvalue weighted by Gasteiger charge is 2.32. The van der Waals surface area contributed by atoms with Crippen molar-refractivity contribution in [2.45, 2.75) is 18.9 Å². The van der Waals surface area contributed by atoms with Crippen molar-refractivity contribution in [2.24, 2.45) is 18.7 Å². The van der Waals surface area contributed by atoms with Crippen LogP contribution in [0, 0.1) is 5.92 Å². The van der Waals surface area contributed by atoms with Crippen LogP contribution in [-0.4, -0.2) is 16.4 Å². The van der Waals surface area contributed by atoms with Crippen LogP contribution in [0.1, 0.15) is 23.2 Å². The van der Waals surface area contributed by atoms with Gasteiger partial charge in [0.25, 0.3) is 0 Å². The second-order valence-electron chi connectivity index (χ2n) is 4.90. The Bertz CT molecular complexity index is 677. The fraction of sp³-hybridized carbons (Fsp3) is 0.385. The van der Waals surface area contributed by atoms with Crippen LogP contribution < -0.4 is 11.5 Å². The molecule has 0 atom stereocenters. The normalized spacial score (nSPS) is 23.0. The first kappa shape index (κ1) is 11.2. The first-order valence-electron chi connectivity index (χ1n) is 5.95. The van der Waals surface area contributed by atoms with Gasteiger partial charge in [-0.2, -0.15) is 0 Å². The number of oxazole rings is 1. The van der Waals surface area contributed by atoms with E-state index in [1.54, 1.807) is 25.2 Å². The van der Waals surface area contributed by atoms with Crippen molar-refractivity contribution in [3.63, 3.8) is 0 Å². The maximum Gasteiger partial charge on any atom is 0.419 e. The molecule has 0 unspecified atom stereocenters. The van der Waals surface area contributed by atoms with E-state index in [0.29, 0.717) is 16.7 Å². The number of hydrogen-bond acceptors (Lipinski definition) is 4. The molecule has 2 aromatic rings. The predicted octanol–water partition coefficient (Wildman–Crippen LogP) is 1.05. The number of nitrogens with two attached hydrogens (primary N) is 1. The lowest BCUT2D eigenvalue weighted by Crippen LogP contribution is -2.40. The Balaban J connectivity index is 1.98. The third-order valence-corrected chi connectivity index (χ3v) is 3.62. The Morgan fingerprint density at radius 3 is 2.83 bits per heavy atom. The number of aryl methyl sites for hydroxylation is 1. The number of hydrogen-bond donors (Lipinski definition) is 1. The van der Waals surface area contributed by atoms with E-state index in [-0.39, 0.29) is 17.7 Å². The number of nitrogens with zero attached hydrogens (tertiary/aromatic N) is 1.